The molecule has 1 heterocycles. The molecule has 0 saturated carbocycles. The second kappa shape index (κ2) is 6.71. The molecule has 6 nitrogen and oxygen atoms in total. The number of hydrogen-bond acceptors (Lipinski definition) is 4. The summed E-state index contributed by atoms with van der Waals surface area (Å²) in [7, 11) is 0. The first-order chi connectivity index (χ1) is 9.56. The molecule has 0 fully saturated rings. The number of nitrogens with one attached hydrogen (secondary N) is 2. The van der Waals surface area contributed by atoms with E-state index in [1.165, 1.54) is 0 Å². The second-order valence-corrected chi connectivity index (χ2v) is 4.81. The highest BCUT2D eigenvalue weighted by molar-refractivity contribution is 7.77. The molecule has 1 aromatic heterocycles. The highest BCUT2D eigenvalue weighted by Gasteiger charge is 2.09. The summed E-state index contributed by atoms with van der Waals surface area (Å²) in [5, 5.41) is 2.69. The quantitative estimate of drug-likeness (QED) is 0.581. The summed E-state index contributed by atoms with van der Waals surface area (Å²) in [4.78, 5) is 7.26. The van der Waals surface area contributed by atoms with E-state index in [1.54, 1.807) is 24.3 Å². The molecular weight excluding hydrogens is 307 g/mol. The lowest BCUT2D eigenvalue weighted by atomic mass is 10.2. The molecule has 0 aliphatic carbocycles. The van der Waals surface area contributed by atoms with Crippen LogP contribution in [0.4, 0.5) is 15.9 Å². The predicted octanol–water partition coefficient (Wildman–Crippen LogP) is 2.24. The Morgan fingerprint density at radius 1 is 1.40 bits per heavy atom. The van der Waals surface area contributed by atoms with Gasteiger partial charge < -0.3 is 5.32 Å². The van der Waals surface area contributed by atoms with Gasteiger partial charge in [-0.3, -0.25) is 4.55 Å². The molecular formula is C11H10ClFN4O2S. The number of aromatic nitrogens is 2. The van der Waals surface area contributed by atoms with Crippen LogP contribution in [0.1, 0.15) is 5.56 Å². The Labute approximate surface area is 121 Å². The van der Waals surface area contributed by atoms with Crippen molar-refractivity contribution in [1.82, 2.24) is 14.7 Å². The molecule has 106 valence electrons. The molecule has 20 heavy (non-hydrogen) atoms. The third-order valence-corrected chi connectivity index (χ3v) is 2.94. The van der Waals surface area contributed by atoms with E-state index in [0.717, 1.165) is 6.20 Å². The summed E-state index contributed by atoms with van der Waals surface area (Å²) in [5.41, 5.74) is 1.21. The fraction of sp³-hybridized carbons (Fsp3) is 0.0909. The lowest BCUT2D eigenvalue weighted by molar-refractivity contribution is 0.549. The van der Waals surface area contributed by atoms with Crippen LogP contribution >= 0.6 is 11.6 Å². The number of benzene rings is 1. The smallest absolute Gasteiger partial charge is 0.232 e. The van der Waals surface area contributed by atoms with Gasteiger partial charge in [-0.05, 0) is 23.2 Å². The zero-order valence-electron chi connectivity index (χ0n) is 10.0. The van der Waals surface area contributed by atoms with Gasteiger partial charge in [0.25, 0.3) is 0 Å². The van der Waals surface area contributed by atoms with Gasteiger partial charge in [0, 0.05) is 12.2 Å². The Morgan fingerprint density at radius 2 is 2.15 bits per heavy atom. The van der Waals surface area contributed by atoms with Crippen molar-refractivity contribution < 1.29 is 13.2 Å². The van der Waals surface area contributed by atoms with E-state index >= 15 is 0 Å². The van der Waals surface area contributed by atoms with Crippen molar-refractivity contribution in [2.45, 2.75) is 6.54 Å². The van der Waals surface area contributed by atoms with Crippen molar-refractivity contribution in [1.29, 1.82) is 0 Å². The van der Waals surface area contributed by atoms with Crippen LogP contribution in [0.3, 0.4) is 0 Å². The van der Waals surface area contributed by atoms with Crippen LogP contribution in [-0.4, -0.2) is 18.7 Å². The normalized spacial score (nSPS) is 12.2. The number of rotatable bonds is 5. The zero-order valence-corrected chi connectivity index (χ0v) is 11.6. The van der Waals surface area contributed by atoms with E-state index in [-0.39, 0.29) is 17.6 Å². The standard InChI is InChI=1S/C11H10ClFN4O2S/c12-11-14-6-8(13)10(17-11)16-9-4-2-1-3-7(9)5-15-20(18)19/h1-4,6,15H,5H2,(H,18,19)(H,14,16,17). The minimum absolute atomic E-state index is 0.0671. The largest absolute Gasteiger partial charge is 0.337 e. The number of para-hydroxylation sites is 1. The number of halogens is 2. The SMILES string of the molecule is O=S(O)NCc1ccccc1Nc1nc(Cl)ncc1F. The average Bonchev–Trinajstić information content (AvgIpc) is 2.42. The van der Waals surface area contributed by atoms with Gasteiger partial charge in [0.05, 0.1) is 6.20 Å². The minimum atomic E-state index is -2.13. The maximum atomic E-state index is 13.6. The maximum absolute atomic E-state index is 13.6. The summed E-state index contributed by atoms with van der Waals surface area (Å²) in [6.45, 7) is 0.132. The van der Waals surface area contributed by atoms with Gasteiger partial charge >= 0.3 is 0 Å². The van der Waals surface area contributed by atoms with Crippen molar-refractivity contribution >= 4 is 34.4 Å². The summed E-state index contributed by atoms with van der Waals surface area (Å²) >= 11 is 3.48. The highest BCUT2D eigenvalue weighted by atomic mass is 35.5. The number of anilines is 2. The summed E-state index contributed by atoms with van der Waals surface area (Å²) in [6, 6.07) is 6.91. The van der Waals surface area contributed by atoms with E-state index in [0.29, 0.717) is 11.3 Å². The molecule has 2 rings (SSSR count). The van der Waals surface area contributed by atoms with E-state index in [4.69, 9.17) is 16.2 Å². The summed E-state index contributed by atoms with van der Waals surface area (Å²) < 4.78 is 35.2. The second-order valence-electron chi connectivity index (χ2n) is 3.69. The Kier molecular flexibility index (Phi) is 4.96. The zero-order chi connectivity index (χ0) is 14.5. The molecule has 0 aliphatic heterocycles. The molecule has 0 aliphatic rings. The van der Waals surface area contributed by atoms with Crippen LogP contribution in [0, 0.1) is 5.82 Å². The lowest BCUT2D eigenvalue weighted by Gasteiger charge is -2.11. The van der Waals surface area contributed by atoms with Crippen LogP contribution in [0.15, 0.2) is 30.5 Å². The first kappa shape index (κ1) is 14.8. The van der Waals surface area contributed by atoms with Crippen LogP contribution < -0.4 is 10.0 Å². The first-order valence-corrected chi connectivity index (χ1v) is 6.92. The van der Waals surface area contributed by atoms with Crippen molar-refractivity contribution in [3.8, 4) is 0 Å². The molecule has 0 radical (unpaired) electrons. The Morgan fingerprint density at radius 3 is 2.90 bits per heavy atom. The predicted molar refractivity (Wildman–Crippen MR) is 74.3 cm³/mol. The van der Waals surface area contributed by atoms with Gasteiger partial charge in [-0.1, -0.05) is 18.2 Å². The van der Waals surface area contributed by atoms with E-state index in [1.807, 2.05) is 0 Å². The third-order valence-electron chi connectivity index (χ3n) is 2.37. The molecule has 0 amide bonds. The molecule has 0 saturated heterocycles. The molecule has 0 spiro atoms. The summed E-state index contributed by atoms with van der Waals surface area (Å²) in [6.07, 6.45) is 0.960. The van der Waals surface area contributed by atoms with Crippen LogP contribution in [0.2, 0.25) is 5.28 Å². The van der Waals surface area contributed by atoms with Crippen molar-refractivity contribution in [2.75, 3.05) is 5.32 Å². The molecule has 0 bridgehead atoms. The minimum Gasteiger partial charge on any atom is -0.337 e. The lowest BCUT2D eigenvalue weighted by Crippen LogP contribution is -2.16. The molecule has 1 atom stereocenters. The van der Waals surface area contributed by atoms with Crippen LogP contribution in [0.5, 0.6) is 0 Å². The Hall–Kier alpha value is -1.61. The average molecular weight is 317 g/mol. The highest BCUT2D eigenvalue weighted by Crippen LogP contribution is 2.22. The maximum Gasteiger partial charge on any atom is 0.232 e. The fourth-order valence-corrected chi connectivity index (χ4v) is 1.91. The fourth-order valence-electron chi connectivity index (χ4n) is 1.50. The molecule has 1 unspecified atom stereocenters. The topological polar surface area (TPSA) is 87.1 Å². The molecule has 1 aromatic carbocycles. The van der Waals surface area contributed by atoms with E-state index in [9.17, 15) is 8.60 Å². The molecule has 3 N–H and O–H groups in total. The monoisotopic (exact) mass is 316 g/mol. The van der Waals surface area contributed by atoms with Crippen LogP contribution in [0.25, 0.3) is 0 Å². The Balaban J connectivity index is 2.24. The Bertz CT molecular complexity index is 644. The third kappa shape index (κ3) is 3.94. The molecule has 2 aromatic rings. The first-order valence-electron chi connectivity index (χ1n) is 5.43. The molecule has 9 heteroatoms. The van der Waals surface area contributed by atoms with Gasteiger partial charge in [-0.2, -0.15) is 4.98 Å². The number of nitrogens with zero attached hydrogens (tertiary/aromatic N) is 2. The van der Waals surface area contributed by atoms with Gasteiger partial charge in [-0.25, -0.2) is 18.3 Å². The van der Waals surface area contributed by atoms with Crippen LogP contribution in [-0.2, 0) is 17.8 Å². The van der Waals surface area contributed by atoms with Crippen molar-refractivity contribution in [3.63, 3.8) is 0 Å². The van der Waals surface area contributed by atoms with Crippen molar-refractivity contribution in [3.05, 3.63) is 47.1 Å². The van der Waals surface area contributed by atoms with Gasteiger partial charge in [0.15, 0.2) is 11.6 Å². The van der Waals surface area contributed by atoms with E-state index in [2.05, 4.69) is 20.0 Å². The number of hydrogen-bond donors (Lipinski definition) is 3. The van der Waals surface area contributed by atoms with Gasteiger partial charge in [0.2, 0.25) is 16.6 Å². The van der Waals surface area contributed by atoms with Crippen molar-refractivity contribution in [2.24, 2.45) is 0 Å². The summed E-state index contributed by atoms with van der Waals surface area (Å²) in [5.74, 6) is -0.717. The van der Waals surface area contributed by atoms with E-state index < -0.39 is 17.1 Å². The van der Waals surface area contributed by atoms with Gasteiger partial charge in [0.1, 0.15) is 0 Å². The van der Waals surface area contributed by atoms with Gasteiger partial charge in [-0.15, -0.1) is 0 Å².